The van der Waals surface area contributed by atoms with Gasteiger partial charge in [-0.2, -0.15) is 0 Å². The van der Waals surface area contributed by atoms with Crippen molar-refractivity contribution in [3.05, 3.63) is 0 Å². The predicted molar refractivity (Wildman–Crippen MR) is 77.8 cm³/mol. The summed E-state index contributed by atoms with van der Waals surface area (Å²) in [5.74, 6) is 1.35. The highest BCUT2D eigenvalue weighted by Crippen LogP contribution is 2.13. The molecule has 0 saturated carbocycles. The van der Waals surface area contributed by atoms with Crippen LogP contribution in [0, 0.1) is 11.8 Å². The zero-order chi connectivity index (χ0) is 13.5. The average molecular weight is 256 g/mol. The lowest BCUT2D eigenvalue weighted by atomic mass is 10.0. The molecule has 1 aliphatic heterocycles. The maximum Gasteiger partial charge on any atom is 0.0515 e. The molecule has 2 atom stereocenters. The van der Waals surface area contributed by atoms with Gasteiger partial charge in [-0.15, -0.1) is 0 Å². The number of nitrogens with one attached hydrogen (secondary N) is 1. The molecule has 0 amide bonds. The molecule has 0 aromatic heterocycles. The Labute approximate surface area is 113 Å². The molecule has 0 aliphatic carbocycles. The standard InChI is InChI=1S/C15H32N2O/c1-12(2)11-17-7-5-15(6-8-17)16-10-13(3)9-14(4)18/h12-16,18H,5-11H2,1-4H3. The van der Waals surface area contributed by atoms with Crippen molar-refractivity contribution in [2.45, 2.75) is 59.1 Å². The van der Waals surface area contributed by atoms with E-state index in [-0.39, 0.29) is 6.10 Å². The molecule has 108 valence electrons. The van der Waals surface area contributed by atoms with Crippen LogP contribution in [0.1, 0.15) is 47.0 Å². The molecule has 1 aliphatic rings. The van der Waals surface area contributed by atoms with E-state index in [0.717, 1.165) is 18.9 Å². The molecule has 1 saturated heterocycles. The molecule has 0 aromatic rings. The van der Waals surface area contributed by atoms with Gasteiger partial charge in [0.25, 0.3) is 0 Å². The minimum atomic E-state index is -0.172. The molecule has 0 radical (unpaired) electrons. The average Bonchev–Trinajstić information content (AvgIpc) is 2.26. The number of aliphatic hydroxyl groups excluding tert-OH is 1. The van der Waals surface area contributed by atoms with Gasteiger partial charge in [0.05, 0.1) is 6.10 Å². The van der Waals surface area contributed by atoms with Crippen LogP contribution in [-0.2, 0) is 0 Å². The van der Waals surface area contributed by atoms with Crippen LogP contribution in [0.15, 0.2) is 0 Å². The maximum absolute atomic E-state index is 9.34. The second-order valence-electron chi connectivity index (χ2n) is 6.57. The molecule has 1 fully saturated rings. The lowest BCUT2D eigenvalue weighted by molar-refractivity contribution is 0.155. The van der Waals surface area contributed by atoms with Crippen molar-refractivity contribution in [2.24, 2.45) is 11.8 Å². The van der Waals surface area contributed by atoms with Gasteiger partial charge in [-0.05, 0) is 57.7 Å². The summed E-state index contributed by atoms with van der Waals surface area (Å²) in [5.41, 5.74) is 0. The first-order chi connectivity index (χ1) is 8.47. The van der Waals surface area contributed by atoms with Gasteiger partial charge in [-0.3, -0.25) is 0 Å². The zero-order valence-corrected chi connectivity index (χ0v) is 12.7. The van der Waals surface area contributed by atoms with Gasteiger partial charge in [0, 0.05) is 12.6 Å². The third-order valence-electron chi connectivity index (χ3n) is 3.71. The Morgan fingerprint density at radius 1 is 1.17 bits per heavy atom. The lowest BCUT2D eigenvalue weighted by Crippen LogP contribution is -2.44. The molecule has 2 unspecified atom stereocenters. The Balaban J connectivity index is 2.12. The maximum atomic E-state index is 9.34. The number of hydrogen-bond donors (Lipinski definition) is 2. The minimum absolute atomic E-state index is 0.172. The zero-order valence-electron chi connectivity index (χ0n) is 12.7. The fourth-order valence-electron chi connectivity index (χ4n) is 2.87. The van der Waals surface area contributed by atoms with Gasteiger partial charge in [-0.25, -0.2) is 0 Å². The van der Waals surface area contributed by atoms with Crippen LogP contribution in [0.2, 0.25) is 0 Å². The summed E-state index contributed by atoms with van der Waals surface area (Å²) >= 11 is 0. The largest absolute Gasteiger partial charge is 0.393 e. The van der Waals surface area contributed by atoms with Crippen molar-refractivity contribution in [1.29, 1.82) is 0 Å². The van der Waals surface area contributed by atoms with Crippen molar-refractivity contribution < 1.29 is 5.11 Å². The minimum Gasteiger partial charge on any atom is -0.393 e. The fourth-order valence-corrected chi connectivity index (χ4v) is 2.87. The van der Waals surface area contributed by atoms with E-state index < -0.39 is 0 Å². The van der Waals surface area contributed by atoms with Crippen molar-refractivity contribution in [3.8, 4) is 0 Å². The normalized spacial score (nSPS) is 22.3. The van der Waals surface area contributed by atoms with E-state index in [1.807, 2.05) is 6.92 Å². The fraction of sp³-hybridized carbons (Fsp3) is 1.00. The molecule has 0 aromatic carbocycles. The third-order valence-corrected chi connectivity index (χ3v) is 3.71. The van der Waals surface area contributed by atoms with Gasteiger partial charge in [-0.1, -0.05) is 20.8 Å². The molecule has 1 heterocycles. The van der Waals surface area contributed by atoms with Gasteiger partial charge in [0.1, 0.15) is 0 Å². The van der Waals surface area contributed by atoms with Crippen LogP contribution in [0.4, 0.5) is 0 Å². The number of piperidine rings is 1. The van der Waals surface area contributed by atoms with E-state index in [1.54, 1.807) is 0 Å². The summed E-state index contributed by atoms with van der Waals surface area (Å²) in [6.07, 6.45) is 3.27. The number of hydrogen-bond acceptors (Lipinski definition) is 3. The Morgan fingerprint density at radius 2 is 1.78 bits per heavy atom. The first-order valence-corrected chi connectivity index (χ1v) is 7.61. The summed E-state index contributed by atoms with van der Waals surface area (Å²) in [7, 11) is 0. The second kappa shape index (κ2) is 8.13. The molecule has 2 N–H and O–H groups in total. The third kappa shape index (κ3) is 6.72. The summed E-state index contributed by atoms with van der Waals surface area (Å²) < 4.78 is 0. The Morgan fingerprint density at radius 3 is 2.28 bits per heavy atom. The molecule has 3 heteroatoms. The lowest BCUT2D eigenvalue weighted by Gasteiger charge is -2.34. The highest BCUT2D eigenvalue weighted by molar-refractivity contribution is 4.78. The van der Waals surface area contributed by atoms with Crippen LogP contribution in [-0.4, -0.2) is 48.3 Å². The van der Waals surface area contributed by atoms with Crippen LogP contribution >= 0.6 is 0 Å². The predicted octanol–water partition coefficient (Wildman–Crippen LogP) is 2.10. The summed E-state index contributed by atoms with van der Waals surface area (Å²) in [5, 5.41) is 13.0. The monoisotopic (exact) mass is 256 g/mol. The van der Waals surface area contributed by atoms with Crippen molar-refractivity contribution >= 4 is 0 Å². The van der Waals surface area contributed by atoms with Crippen molar-refractivity contribution in [2.75, 3.05) is 26.2 Å². The molecule has 0 bridgehead atoms. The molecule has 18 heavy (non-hydrogen) atoms. The number of likely N-dealkylation sites (tertiary alicyclic amines) is 1. The van der Waals surface area contributed by atoms with Crippen LogP contribution in [0.3, 0.4) is 0 Å². The summed E-state index contributed by atoms with van der Waals surface area (Å²) in [4.78, 5) is 2.59. The van der Waals surface area contributed by atoms with E-state index in [9.17, 15) is 5.11 Å². The molecule has 0 spiro atoms. The SMILES string of the molecule is CC(C)CN1CCC(NCC(C)CC(C)O)CC1. The van der Waals surface area contributed by atoms with E-state index >= 15 is 0 Å². The van der Waals surface area contributed by atoms with Crippen molar-refractivity contribution in [1.82, 2.24) is 10.2 Å². The van der Waals surface area contributed by atoms with Crippen LogP contribution in [0.25, 0.3) is 0 Å². The topological polar surface area (TPSA) is 35.5 Å². The van der Waals surface area contributed by atoms with Gasteiger partial charge in [0.2, 0.25) is 0 Å². The first-order valence-electron chi connectivity index (χ1n) is 7.61. The van der Waals surface area contributed by atoms with E-state index in [0.29, 0.717) is 12.0 Å². The van der Waals surface area contributed by atoms with Crippen molar-refractivity contribution in [3.63, 3.8) is 0 Å². The Bertz CT molecular complexity index is 211. The van der Waals surface area contributed by atoms with Crippen LogP contribution < -0.4 is 5.32 Å². The smallest absolute Gasteiger partial charge is 0.0515 e. The van der Waals surface area contributed by atoms with Gasteiger partial charge < -0.3 is 15.3 Å². The second-order valence-corrected chi connectivity index (χ2v) is 6.57. The van der Waals surface area contributed by atoms with E-state index in [1.165, 1.54) is 32.5 Å². The van der Waals surface area contributed by atoms with Gasteiger partial charge >= 0.3 is 0 Å². The molecule has 3 nitrogen and oxygen atoms in total. The highest BCUT2D eigenvalue weighted by Gasteiger charge is 2.19. The van der Waals surface area contributed by atoms with Gasteiger partial charge in [0.15, 0.2) is 0 Å². The molecular weight excluding hydrogens is 224 g/mol. The Kier molecular flexibility index (Phi) is 7.20. The summed E-state index contributed by atoms with van der Waals surface area (Å²) in [6.45, 7) is 13.4. The summed E-state index contributed by atoms with van der Waals surface area (Å²) in [6, 6.07) is 0.685. The molecular formula is C15H32N2O. The number of aliphatic hydroxyl groups is 1. The molecule has 1 rings (SSSR count). The van der Waals surface area contributed by atoms with E-state index in [4.69, 9.17) is 0 Å². The quantitative estimate of drug-likeness (QED) is 0.732. The number of nitrogens with zero attached hydrogens (tertiary/aromatic N) is 1. The Hall–Kier alpha value is -0.120. The number of rotatable bonds is 7. The van der Waals surface area contributed by atoms with Crippen LogP contribution in [0.5, 0.6) is 0 Å². The van der Waals surface area contributed by atoms with E-state index in [2.05, 4.69) is 31.0 Å². The highest BCUT2D eigenvalue weighted by atomic mass is 16.3. The first kappa shape index (κ1) is 15.9.